The monoisotopic (exact) mass is 226 g/mol. The van der Waals surface area contributed by atoms with Gasteiger partial charge in [-0.3, -0.25) is 0 Å². The molecule has 0 unspecified atom stereocenters. The topological polar surface area (TPSA) is 25.8 Å². The molecule has 0 saturated heterocycles. The molecule has 0 N–H and O–H groups in total. The summed E-state index contributed by atoms with van der Waals surface area (Å²) in [6, 6.07) is 0. The molecule has 12 heavy (non-hydrogen) atoms. The van der Waals surface area contributed by atoms with Crippen LogP contribution in [0.3, 0.4) is 0 Å². The first-order valence-corrected chi connectivity index (χ1v) is 5.06. The van der Waals surface area contributed by atoms with E-state index in [1.165, 1.54) is 9.91 Å². The average molecular weight is 226 g/mol. The predicted octanol–water partition coefficient (Wildman–Crippen LogP) is 1.22. The van der Waals surface area contributed by atoms with Crippen molar-refractivity contribution in [2.24, 2.45) is 0 Å². The van der Waals surface area contributed by atoms with Gasteiger partial charge in [-0.1, -0.05) is 13.8 Å². The van der Waals surface area contributed by atoms with E-state index in [2.05, 4.69) is 34.0 Å². The van der Waals surface area contributed by atoms with Crippen molar-refractivity contribution in [3.63, 3.8) is 0 Å². The first kappa shape index (κ1) is 11.6. The molecule has 2 radical (unpaired) electrons. The van der Waals surface area contributed by atoms with Gasteiger partial charge in [0, 0.05) is 0 Å². The molecule has 0 spiro atoms. The summed E-state index contributed by atoms with van der Waals surface area (Å²) >= 11 is 2.53. The van der Waals surface area contributed by atoms with Crippen molar-refractivity contribution in [1.82, 2.24) is 10.2 Å². The summed E-state index contributed by atoms with van der Waals surface area (Å²) in [5.41, 5.74) is 3.25. The normalized spacial score (nSPS) is 8.83. The number of nitrogens with zero attached hydrogens (tertiary/aromatic N) is 2. The first-order valence-electron chi connectivity index (χ1n) is 4.12. The minimum absolute atomic E-state index is 1.00. The Bertz CT molecular complexity index is 232. The average Bonchev–Trinajstić information content (AvgIpc) is 2.12. The molecule has 66 valence electrons. The van der Waals surface area contributed by atoms with Crippen LogP contribution in [0.5, 0.6) is 0 Å². The second-order valence-electron chi connectivity index (χ2n) is 2.34. The van der Waals surface area contributed by atoms with E-state index in [0.717, 1.165) is 11.4 Å². The summed E-state index contributed by atoms with van der Waals surface area (Å²) in [6.45, 7) is 10.00. The van der Waals surface area contributed by atoms with Gasteiger partial charge < -0.3 is 0 Å². The molecule has 0 aliphatic rings. The van der Waals surface area contributed by atoms with Crippen molar-refractivity contribution >= 4 is 21.2 Å². The second kappa shape index (κ2) is 5.31. The van der Waals surface area contributed by atoms with E-state index < -0.39 is 0 Å². The molecule has 1 rings (SSSR count). The molecule has 1 aromatic heterocycles. The Kier molecular flexibility index (Phi) is 5.15. The van der Waals surface area contributed by atoms with Crippen LogP contribution in [0.1, 0.15) is 30.8 Å². The molecule has 1 aromatic rings. The van der Waals surface area contributed by atoms with E-state index in [0.29, 0.717) is 0 Å². The van der Waals surface area contributed by atoms with Crippen LogP contribution in [0.2, 0.25) is 0 Å². The molecule has 2 nitrogen and oxygen atoms in total. The van der Waals surface area contributed by atoms with Crippen molar-refractivity contribution in [1.29, 1.82) is 0 Å². The number of aryl methyl sites for hydroxylation is 2. The van der Waals surface area contributed by atoms with Gasteiger partial charge in [0.05, 0.1) is 0 Å². The van der Waals surface area contributed by atoms with Crippen LogP contribution in [0, 0.1) is 20.8 Å². The summed E-state index contributed by atoms with van der Waals surface area (Å²) in [5, 5.41) is 7.95. The summed E-state index contributed by atoms with van der Waals surface area (Å²) < 4.78 is 1.19. The van der Waals surface area contributed by atoms with Crippen LogP contribution in [0.4, 0.5) is 0 Å². The fourth-order valence-corrected chi connectivity index (χ4v) is 1.15. The molecule has 0 amide bonds. The Balaban J connectivity index is 0.000000561. The van der Waals surface area contributed by atoms with Gasteiger partial charge in [0.25, 0.3) is 0 Å². The first-order chi connectivity index (χ1) is 5.63. The Hall–Kier alpha value is -0.362. The van der Waals surface area contributed by atoms with Gasteiger partial charge >= 0.3 is 69.1 Å². The van der Waals surface area contributed by atoms with Gasteiger partial charge in [-0.2, -0.15) is 0 Å². The quantitative estimate of drug-likeness (QED) is 0.621. The molecular formula is C9H15AsN2. The van der Waals surface area contributed by atoms with Crippen molar-refractivity contribution in [3.05, 3.63) is 17.0 Å². The van der Waals surface area contributed by atoms with Crippen LogP contribution in [-0.4, -0.2) is 27.1 Å². The van der Waals surface area contributed by atoms with Crippen LogP contribution in [0.15, 0.2) is 0 Å². The summed E-state index contributed by atoms with van der Waals surface area (Å²) in [4.78, 5) is 0. The van der Waals surface area contributed by atoms with Crippen molar-refractivity contribution in [2.75, 3.05) is 0 Å². The van der Waals surface area contributed by atoms with E-state index in [1.54, 1.807) is 0 Å². The molecule has 0 aliphatic heterocycles. The summed E-state index contributed by atoms with van der Waals surface area (Å²) in [6.07, 6.45) is 0. The third-order valence-corrected chi connectivity index (χ3v) is 2.97. The van der Waals surface area contributed by atoms with Gasteiger partial charge in [0.15, 0.2) is 0 Å². The summed E-state index contributed by atoms with van der Waals surface area (Å²) in [5.74, 6) is 0. The Morgan fingerprint density at radius 2 is 1.33 bits per heavy atom. The third-order valence-electron chi connectivity index (χ3n) is 1.59. The van der Waals surface area contributed by atoms with Crippen LogP contribution in [0.25, 0.3) is 0 Å². The second-order valence-corrected chi connectivity index (χ2v) is 3.28. The fraction of sp³-hybridized carbons (Fsp3) is 0.556. The molecule has 0 fully saturated rings. The number of hydrogen-bond acceptors (Lipinski definition) is 2. The Morgan fingerprint density at radius 3 is 1.75 bits per heavy atom. The van der Waals surface area contributed by atoms with Gasteiger partial charge in [-0.05, 0) is 0 Å². The SMILES string of the molecule is CC.Cc1nnc(C)c([As])c1C. The standard InChI is InChI=1S/C7H9AsN2.C2H6/c1-4-5(2)9-10-6(3)7(4)8;1-2/h1-3H3;1-2H3. The zero-order chi connectivity index (χ0) is 9.72. The maximum absolute atomic E-state index is 3.98. The summed E-state index contributed by atoms with van der Waals surface area (Å²) in [7, 11) is 0. The van der Waals surface area contributed by atoms with Gasteiger partial charge in [-0.15, -0.1) is 0 Å². The van der Waals surface area contributed by atoms with Crippen molar-refractivity contribution in [3.8, 4) is 0 Å². The molecule has 0 atom stereocenters. The minimum atomic E-state index is 1.00. The molecular weight excluding hydrogens is 211 g/mol. The zero-order valence-corrected chi connectivity index (χ0v) is 10.2. The fourth-order valence-electron chi connectivity index (χ4n) is 0.715. The molecule has 0 saturated carbocycles. The molecule has 1 heterocycles. The van der Waals surface area contributed by atoms with E-state index in [-0.39, 0.29) is 0 Å². The molecule has 0 aliphatic carbocycles. The van der Waals surface area contributed by atoms with E-state index >= 15 is 0 Å². The van der Waals surface area contributed by atoms with Crippen LogP contribution in [-0.2, 0) is 0 Å². The zero-order valence-electron chi connectivity index (χ0n) is 8.34. The number of rotatable bonds is 0. The van der Waals surface area contributed by atoms with Gasteiger partial charge in [-0.25, -0.2) is 0 Å². The maximum atomic E-state index is 3.98. The molecule has 0 bridgehead atoms. The third kappa shape index (κ3) is 2.60. The van der Waals surface area contributed by atoms with Gasteiger partial charge in [0.1, 0.15) is 0 Å². The van der Waals surface area contributed by atoms with Crippen molar-refractivity contribution < 1.29 is 0 Å². The molecule has 3 heteroatoms. The number of hydrogen-bond donors (Lipinski definition) is 0. The van der Waals surface area contributed by atoms with Crippen LogP contribution < -0.4 is 4.35 Å². The van der Waals surface area contributed by atoms with Gasteiger partial charge in [0.2, 0.25) is 0 Å². The Labute approximate surface area is 83.3 Å². The predicted molar refractivity (Wildman–Crippen MR) is 53.0 cm³/mol. The van der Waals surface area contributed by atoms with Crippen molar-refractivity contribution in [2.45, 2.75) is 34.6 Å². The number of aromatic nitrogens is 2. The Morgan fingerprint density at radius 1 is 0.917 bits per heavy atom. The molecule has 0 aromatic carbocycles. The van der Waals surface area contributed by atoms with E-state index in [1.807, 2.05) is 27.7 Å². The van der Waals surface area contributed by atoms with E-state index in [9.17, 15) is 0 Å². The van der Waals surface area contributed by atoms with E-state index in [4.69, 9.17) is 0 Å². The van der Waals surface area contributed by atoms with Crippen LogP contribution >= 0.6 is 0 Å².